The lowest BCUT2D eigenvalue weighted by molar-refractivity contribution is 0.0937. The standard InChI is InChI=1S/C18H22N2O2S/c21-17-15-9-3-4-10-16(15)19-18(23-14-7-1-2-8-14)20(17)12-13-6-5-11-22-13/h3-4,9-10,13-14H,1-2,5-8,11-12H2. The second-order valence-corrected chi connectivity index (χ2v) is 7.75. The lowest BCUT2D eigenvalue weighted by Gasteiger charge is -2.18. The number of aromatic nitrogens is 2. The molecule has 0 spiro atoms. The van der Waals surface area contributed by atoms with Gasteiger partial charge in [-0.15, -0.1) is 0 Å². The smallest absolute Gasteiger partial charge is 0.262 e. The summed E-state index contributed by atoms with van der Waals surface area (Å²) in [5.74, 6) is 0. The molecule has 1 saturated carbocycles. The number of rotatable bonds is 4. The number of hydrogen-bond donors (Lipinski definition) is 0. The van der Waals surface area contributed by atoms with Crippen molar-refractivity contribution >= 4 is 22.7 Å². The van der Waals surface area contributed by atoms with E-state index in [1.807, 2.05) is 28.8 Å². The van der Waals surface area contributed by atoms with Crippen molar-refractivity contribution < 1.29 is 4.74 Å². The molecule has 2 aliphatic rings. The zero-order valence-corrected chi connectivity index (χ0v) is 14.1. The van der Waals surface area contributed by atoms with Crippen LogP contribution in [0.1, 0.15) is 38.5 Å². The minimum atomic E-state index is 0.0756. The predicted molar refractivity (Wildman–Crippen MR) is 93.1 cm³/mol. The van der Waals surface area contributed by atoms with E-state index in [9.17, 15) is 4.79 Å². The van der Waals surface area contributed by atoms with Gasteiger partial charge in [-0.2, -0.15) is 0 Å². The van der Waals surface area contributed by atoms with Crippen LogP contribution in [0.4, 0.5) is 0 Å². The quantitative estimate of drug-likeness (QED) is 0.803. The molecule has 1 aliphatic carbocycles. The second kappa shape index (κ2) is 6.65. The fourth-order valence-electron chi connectivity index (χ4n) is 3.55. The number of ether oxygens (including phenoxy) is 1. The molecule has 4 nitrogen and oxygen atoms in total. The van der Waals surface area contributed by atoms with Gasteiger partial charge >= 0.3 is 0 Å². The molecular weight excluding hydrogens is 308 g/mol. The van der Waals surface area contributed by atoms with Crippen LogP contribution in [0.25, 0.3) is 10.9 Å². The highest BCUT2D eigenvalue weighted by Crippen LogP contribution is 2.34. The van der Waals surface area contributed by atoms with E-state index >= 15 is 0 Å². The van der Waals surface area contributed by atoms with E-state index < -0.39 is 0 Å². The first kappa shape index (κ1) is 15.2. The molecule has 1 unspecified atom stereocenters. The van der Waals surface area contributed by atoms with E-state index in [2.05, 4.69) is 0 Å². The minimum absolute atomic E-state index is 0.0756. The molecule has 0 N–H and O–H groups in total. The molecule has 122 valence electrons. The van der Waals surface area contributed by atoms with Crippen molar-refractivity contribution in [2.75, 3.05) is 6.61 Å². The highest BCUT2D eigenvalue weighted by atomic mass is 32.2. The molecule has 1 saturated heterocycles. The minimum Gasteiger partial charge on any atom is -0.376 e. The zero-order valence-electron chi connectivity index (χ0n) is 13.2. The van der Waals surface area contributed by atoms with Crippen molar-refractivity contribution in [2.45, 2.75) is 61.6 Å². The van der Waals surface area contributed by atoms with Gasteiger partial charge in [0.1, 0.15) is 0 Å². The van der Waals surface area contributed by atoms with E-state index in [4.69, 9.17) is 9.72 Å². The van der Waals surface area contributed by atoms with Crippen molar-refractivity contribution in [2.24, 2.45) is 0 Å². The van der Waals surface area contributed by atoms with E-state index in [1.54, 1.807) is 11.8 Å². The first-order chi connectivity index (χ1) is 11.3. The zero-order chi connectivity index (χ0) is 15.6. The molecule has 2 aromatic rings. The molecule has 0 radical (unpaired) electrons. The van der Waals surface area contributed by atoms with Gasteiger partial charge in [-0.05, 0) is 37.8 Å². The van der Waals surface area contributed by atoms with Gasteiger partial charge in [-0.1, -0.05) is 36.7 Å². The Hall–Kier alpha value is -1.33. The van der Waals surface area contributed by atoms with Gasteiger partial charge in [-0.25, -0.2) is 4.98 Å². The SMILES string of the molecule is O=c1c2ccccc2nc(SC2CCCC2)n1CC1CCCO1. The Labute approximate surface area is 140 Å². The molecular formula is C18H22N2O2S. The molecule has 1 aromatic carbocycles. The Kier molecular flexibility index (Phi) is 4.40. The first-order valence-electron chi connectivity index (χ1n) is 8.59. The fourth-order valence-corrected chi connectivity index (χ4v) is 4.85. The van der Waals surface area contributed by atoms with Gasteiger partial charge < -0.3 is 4.74 Å². The number of para-hydroxylation sites is 1. The maximum absolute atomic E-state index is 13.0. The van der Waals surface area contributed by atoms with Crippen LogP contribution in [0, 0.1) is 0 Å². The Morgan fingerprint density at radius 3 is 2.78 bits per heavy atom. The maximum atomic E-state index is 13.0. The van der Waals surface area contributed by atoms with Gasteiger partial charge in [0.25, 0.3) is 5.56 Å². The van der Waals surface area contributed by atoms with E-state index in [1.165, 1.54) is 25.7 Å². The second-order valence-electron chi connectivity index (χ2n) is 6.49. The summed E-state index contributed by atoms with van der Waals surface area (Å²) in [7, 11) is 0. The number of benzene rings is 1. The summed E-state index contributed by atoms with van der Waals surface area (Å²) in [6, 6.07) is 7.67. The summed E-state index contributed by atoms with van der Waals surface area (Å²) in [6.45, 7) is 1.44. The van der Waals surface area contributed by atoms with Gasteiger partial charge in [-0.3, -0.25) is 9.36 Å². The summed E-state index contributed by atoms with van der Waals surface area (Å²) in [6.07, 6.45) is 7.32. The van der Waals surface area contributed by atoms with Crippen LogP contribution >= 0.6 is 11.8 Å². The van der Waals surface area contributed by atoms with E-state index in [-0.39, 0.29) is 11.7 Å². The lowest BCUT2D eigenvalue weighted by Crippen LogP contribution is -2.29. The third-order valence-corrected chi connectivity index (χ3v) is 6.14. The average Bonchev–Trinajstić information content (AvgIpc) is 3.25. The van der Waals surface area contributed by atoms with Crippen molar-refractivity contribution in [1.29, 1.82) is 0 Å². The molecule has 5 heteroatoms. The molecule has 2 fully saturated rings. The monoisotopic (exact) mass is 330 g/mol. The predicted octanol–water partition coefficient (Wildman–Crippen LogP) is 3.61. The number of nitrogens with zero attached hydrogens (tertiary/aromatic N) is 2. The van der Waals surface area contributed by atoms with Crippen LogP contribution in [0.3, 0.4) is 0 Å². The molecule has 23 heavy (non-hydrogen) atoms. The fraction of sp³-hybridized carbons (Fsp3) is 0.556. The van der Waals surface area contributed by atoms with Gasteiger partial charge in [0.05, 0.1) is 23.6 Å². The molecule has 0 bridgehead atoms. The molecule has 1 aliphatic heterocycles. The Balaban J connectivity index is 1.75. The third-order valence-electron chi connectivity index (χ3n) is 4.81. The summed E-state index contributed by atoms with van der Waals surface area (Å²) in [4.78, 5) is 17.8. The normalized spacial score (nSPS) is 22.2. The van der Waals surface area contributed by atoms with Crippen molar-refractivity contribution in [3.63, 3.8) is 0 Å². The first-order valence-corrected chi connectivity index (χ1v) is 9.47. The third kappa shape index (κ3) is 3.17. The van der Waals surface area contributed by atoms with E-state index in [0.717, 1.165) is 30.1 Å². The van der Waals surface area contributed by atoms with Crippen LogP contribution in [0.15, 0.2) is 34.2 Å². The number of fused-ring (bicyclic) bond motifs is 1. The average molecular weight is 330 g/mol. The summed E-state index contributed by atoms with van der Waals surface area (Å²) >= 11 is 1.79. The summed E-state index contributed by atoms with van der Waals surface area (Å²) in [5.41, 5.74) is 0.883. The van der Waals surface area contributed by atoms with Crippen molar-refractivity contribution in [1.82, 2.24) is 9.55 Å². The van der Waals surface area contributed by atoms with Crippen LogP contribution in [0.2, 0.25) is 0 Å². The summed E-state index contributed by atoms with van der Waals surface area (Å²) in [5, 5.41) is 2.18. The Morgan fingerprint density at radius 1 is 1.17 bits per heavy atom. The molecule has 1 aromatic heterocycles. The van der Waals surface area contributed by atoms with Crippen LogP contribution in [0.5, 0.6) is 0 Å². The largest absolute Gasteiger partial charge is 0.376 e. The van der Waals surface area contributed by atoms with Crippen LogP contribution < -0.4 is 5.56 Å². The van der Waals surface area contributed by atoms with Crippen LogP contribution in [-0.4, -0.2) is 27.5 Å². The molecule has 1 atom stereocenters. The molecule has 0 amide bonds. The topological polar surface area (TPSA) is 44.1 Å². The van der Waals surface area contributed by atoms with Gasteiger partial charge in [0, 0.05) is 11.9 Å². The number of thioether (sulfide) groups is 1. The highest BCUT2D eigenvalue weighted by molar-refractivity contribution is 7.99. The molecule has 2 heterocycles. The van der Waals surface area contributed by atoms with Gasteiger partial charge in [0.15, 0.2) is 5.16 Å². The Morgan fingerprint density at radius 2 is 2.00 bits per heavy atom. The Bertz CT molecular complexity index is 746. The molecule has 4 rings (SSSR count). The van der Waals surface area contributed by atoms with Crippen molar-refractivity contribution in [3.05, 3.63) is 34.6 Å². The number of hydrogen-bond acceptors (Lipinski definition) is 4. The van der Waals surface area contributed by atoms with Crippen LogP contribution in [-0.2, 0) is 11.3 Å². The van der Waals surface area contributed by atoms with E-state index in [0.29, 0.717) is 17.2 Å². The summed E-state index contributed by atoms with van der Waals surface area (Å²) < 4.78 is 7.61. The highest BCUT2D eigenvalue weighted by Gasteiger charge is 2.23. The van der Waals surface area contributed by atoms with Crippen molar-refractivity contribution in [3.8, 4) is 0 Å². The lowest BCUT2D eigenvalue weighted by atomic mass is 10.2. The van der Waals surface area contributed by atoms with Gasteiger partial charge in [0.2, 0.25) is 0 Å². The maximum Gasteiger partial charge on any atom is 0.262 e.